The van der Waals surface area contributed by atoms with Gasteiger partial charge in [-0.2, -0.15) is 0 Å². The maximum Gasteiger partial charge on any atom is 0.191 e. The van der Waals surface area contributed by atoms with E-state index in [4.69, 9.17) is 8.83 Å². The maximum atomic E-state index is 5.27. The van der Waals surface area contributed by atoms with Crippen molar-refractivity contribution in [1.82, 2.24) is 4.98 Å². The van der Waals surface area contributed by atoms with Gasteiger partial charge in [-0.3, -0.25) is 0 Å². The molecule has 4 heteroatoms. The van der Waals surface area contributed by atoms with Gasteiger partial charge in [-0.05, 0) is 24.3 Å². The number of rotatable bonds is 4. The van der Waals surface area contributed by atoms with E-state index in [0.29, 0.717) is 12.4 Å². The SMILES string of the molecule is Cc1nc(-c2ccc(NCc3ccco3)cc2)co1. The Balaban J connectivity index is 1.69. The van der Waals surface area contributed by atoms with Crippen LogP contribution in [0.3, 0.4) is 0 Å². The van der Waals surface area contributed by atoms with Crippen LogP contribution in [-0.2, 0) is 6.54 Å². The first-order valence-corrected chi connectivity index (χ1v) is 6.10. The molecule has 0 aliphatic rings. The van der Waals surface area contributed by atoms with E-state index in [0.717, 1.165) is 22.7 Å². The van der Waals surface area contributed by atoms with Gasteiger partial charge < -0.3 is 14.2 Å². The van der Waals surface area contributed by atoms with E-state index in [1.54, 1.807) is 12.5 Å². The van der Waals surface area contributed by atoms with Gasteiger partial charge in [0.1, 0.15) is 17.7 Å². The summed E-state index contributed by atoms with van der Waals surface area (Å²) in [6.07, 6.45) is 3.34. The first-order chi connectivity index (χ1) is 9.31. The first-order valence-electron chi connectivity index (χ1n) is 6.10. The second-order valence-electron chi connectivity index (χ2n) is 4.26. The topological polar surface area (TPSA) is 51.2 Å². The van der Waals surface area contributed by atoms with E-state index in [1.807, 2.05) is 43.3 Å². The average molecular weight is 254 g/mol. The number of nitrogens with one attached hydrogen (secondary N) is 1. The number of aromatic nitrogens is 1. The molecule has 3 rings (SSSR count). The molecule has 0 aliphatic carbocycles. The monoisotopic (exact) mass is 254 g/mol. The van der Waals surface area contributed by atoms with Gasteiger partial charge in [0, 0.05) is 18.2 Å². The molecule has 96 valence electrons. The number of anilines is 1. The lowest BCUT2D eigenvalue weighted by atomic mass is 10.1. The van der Waals surface area contributed by atoms with Gasteiger partial charge in [0.15, 0.2) is 5.89 Å². The van der Waals surface area contributed by atoms with Crippen LogP contribution in [0.2, 0.25) is 0 Å². The van der Waals surface area contributed by atoms with Crippen molar-refractivity contribution in [3.63, 3.8) is 0 Å². The van der Waals surface area contributed by atoms with Crippen LogP contribution in [0.5, 0.6) is 0 Å². The Morgan fingerprint density at radius 1 is 1.11 bits per heavy atom. The fourth-order valence-electron chi connectivity index (χ4n) is 1.86. The van der Waals surface area contributed by atoms with Gasteiger partial charge in [0.25, 0.3) is 0 Å². The molecule has 0 spiro atoms. The fourth-order valence-corrected chi connectivity index (χ4v) is 1.86. The van der Waals surface area contributed by atoms with Crippen molar-refractivity contribution in [2.24, 2.45) is 0 Å². The highest BCUT2D eigenvalue weighted by Crippen LogP contribution is 2.21. The number of oxazole rings is 1. The fraction of sp³-hybridized carbons (Fsp3) is 0.133. The molecule has 0 aliphatic heterocycles. The quantitative estimate of drug-likeness (QED) is 0.768. The van der Waals surface area contributed by atoms with Crippen LogP contribution in [0.4, 0.5) is 5.69 Å². The lowest BCUT2D eigenvalue weighted by Gasteiger charge is -2.04. The Labute approximate surface area is 111 Å². The molecule has 0 amide bonds. The minimum absolute atomic E-state index is 0.676. The molecule has 0 fully saturated rings. The third kappa shape index (κ3) is 2.68. The molecule has 4 nitrogen and oxygen atoms in total. The second-order valence-corrected chi connectivity index (χ2v) is 4.26. The normalized spacial score (nSPS) is 10.6. The van der Waals surface area contributed by atoms with Crippen molar-refractivity contribution < 1.29 is 8.83 Å². The van der Waals surface area contributed by atoms with Crippen molar-refractivity contribution in [2.75, 3.05) is 5.32 Å². The summed E-state index contributed by atoms with van der Waals surface area (Å²) in [5.41, 5.74) is 2.94. The number of furan rings is 1. The van der Waals surface area contributed by atoms with E-state index >= 15 is 0 Å². The lowest BCUT2D eigenvalue weighted by molar-refractivity contribution is 0.518. The number of benzene rings is 1. The van der Waals surface area contributed by atoms with Crippen LogP contribution in [0.25, 0.3) is 11.3 Å². The molecule has 1 N–H and O–H groups in total. The zero-order valence-corrected chi connectivity index (χ0v) is 10.6. The summed E-state index contributed by atoms with van der Waals surface area (Å²) in [6, 6.07) is 11.9. The van der Waals surface area contributed by atoms with E-state index < -0.39 is 0 Å². The highest BCUT2D eigenvalue weighted by atomic mass is 16.3. The van der Waals surface area contributed by atoms with E-state index in [1.165, 1.54) is 0 Å². The number of nitrogens with zero attached hydrogens (tertiary/aromatic N) is 1. The van der Waals surface area contributed by atoms with Crippen molar-refractivity contribution in [3.05, 3.63) is 60.6 Å². The van der Waals surface area contributed by atoms with Gasteiger partial charge in [-0.15, -0.1) is 0 Å². The van der Waals surface area contributed by atoms with Crippen molar-refractivity contribution in [3.8, 4) is 11.3 Å². The largest absolute Gasteiger partial charge is 0.467 e. The minimum Gasteiger partial charge on any atom is -0.467 e. The molecule has 0 unspecified atom stereocenters. The van der Waals surface area contributed by atoms with Crippen LogP contribution in [0.1, 0.15) is 11.7 Å². The van der Waals surface area contributed by atoms with Crippen LogP contribution in [0.15, 0.2) is 57.8 Å². The summed E-state index contributed by atoms with van der Waals surface area (Å²) < 4.78 is 10.5. The molecule has 0 saturated heterocycles. The van der Waals surface area contributed by atoms with Gasteiger partial charge in [-0.25, -0.2) is 4.98 Å². The molecule has 19 heavy (non-hydrogen) atoms. The molecule has 0 saturated carbocycles. The van der Waals surface area contributed by atoms with E-state index in [-0.39, 0.29) is 0 Å². The summed E-state index contributed by atoms with van der Waals surface area (Å²) >= 11 is 0. The molecule has 2 aromatic heterocycles. The Kier molecular flexibility index (Phi) is 3.06. The van der Waals surface area contributed by atoms with Crippen molar-refractivity contribution >= 4 is 5.69 Å². The number of hydrogen-bond donors (Lipinski definition) is 1. The average Bonchev–Trinajstić information content (AvgIpc) is 3.08. The van der Waals surface area contributed by atoms with Crippen molar-refractivity contribution in [1.29, 1.82) is 0 Å². The minimum atomic E-state index is 0.676. The van der Waals surface area contributed by atoms with Gasteiger partial charge in [0.05, 0.1) is 12.8 Å². The summed E-state index contributed by atoms with van der Waals surface area (Å²) in [7, 11) is 0. The summed E-state index contributed by atoms with van der Waals surface area (Å²) in [5, 5.41) is 3.29. The zero-order chi connectivity index (χ0) is 13.1. The van der Waals surface area contributed by atoms with Crippen LogP contribution >= 0.6 is 0 Å². The van der Waals surface area contributed by atoms with Crippen molar-refractivity contribution in [2.45, 2.75) is 13.5 Å². The molecule has 3 aromatic rings. The molecule has 2 heterocycles. The van der Waals surface area contributed by atoms with E-state index in [9.17, 15) is 0 Å². The predicted molar refractivity (Wildman–Crippen MR) is 72.7 cm³/mol. The van der Waals surface area contributed by atoms with E-state index in [2.05, 4.69) is 10.3 Å². The van der Waals surface area contributed by atoms with Crippen LogP contribution in [0, 0.1) is 6.92 Å². The smallest absolute Gasteiger partial charge is 0.191 e. The Hall–Kier alpha value is -2.49. The van der Waals surface area contributed by atoms with Gasteiger partial charge in [-0.1, -0.05) is 12.1 Å². The highest BCUT2D eigenvalue weighted by Gasteiger charge is 2.03. The lowest BCUT2D eigenvalue weighted by Crippen LogP contribution is -1.97. The molecule has 0 radical (unpaired) electrons. The molecular formula is C15H14N2O2. The first kappa shape index (κ1) is 11.6. The summed E-state index contributed by atoms with van der Waals surface area (Å²) in [5.74, 6) is 1.59. The maximum absolute atomic E-state index is 5.27. The number of hydrogen-bond acceptors (Lipinski definition) is 4. The standard InChI is InChI=1S/C15H14N2O2/c1-11-17-15(10-19-11)12-4-6-13(7-5-12)16-9-14-3-2-8-18-14/h2-8,10,16H,9H2,1H3. The zero-order valence-electron chi connectivity index (χ0n) is 10.6. The van der Waals surface area contributed by atoms with Gasteiger partial charge in [0.2, 0.25) is 0 Å². The van der Waals surface area contributed by atoms with Gasteiger partial charge >= 0.3 is 0 Å². The Bertz CT molecular complexity index is 639. The highest BCUT2D eigenvalue weighted by molar-refractivity contribution is 5.61. The third-order valence-corrected chi connectivity index (χ3v) is 2.85. The molecular weight excluding hydrogens is 240 g/mol. The predicted octanol–water partition coefficient (Wildman–Crippen LogP) is 3.86. The second kappa shape index (κ2) is 5.02. The summed E-state index contributed by atoms with van der Waals surface area (Å²) in [6.45, 7) is 2.51. The Morgan fingerprint density at radius 2 is 1.95 bits per heavy atom. The Morgan fingerprint density at radius 3 is 2.58 bits per heavy atom. The van der Waals surface area contributed by atoms with Crippen LogP contribution < -0.4 is 5.32 Å². The molecule has 0 atom stereocenters. The molecule has 0 bridgehead atoms. The summed E-state index contributed by atoms with van der Waals surface area (Å²) in [4.78, 5) is 4.30. The van der Waals surface area contributed by atoms with Crippen LogP contribution in [-0.4, -0.2) is 4.98 Å². The molecule has 1 aromatic carbocycles. The number of aryl methyl sites for hydroxylation is 1. The third-order valence-electron chi connectivity index (χ3n) is 2.85.